The van der Waals surface area contributed by atoms with Crippen LogP contribution < -0.4 is 0 Å². The number of thiazole rings is 1. The van der Waals surface area contributed by atoms with E-state index < -0.39 is 11.9 Å². The molecular weight excluding hydrogens is 365 g/mol. The number of halogens is 3. The van der Waals surface area contributed by atoms with Crippen molar-refractivity contribution in [3.8, 4) is 10.7 Å². The van der Waals surface area contributed by atoms with E-state index in [9.17, 15) is 13.2 Å². The Labute approximate surface area is 141 Å². The maximum Gasteiger partial charge on any atom is 0.434 e. The molecule has 3 aromatic rings. The van der Waals surface area contributed by atoms with E-state index in [1.54, 1.807) is 10.6 Å². The normalized spacial score (nSPS) is 11.8. The monoisotopic (exact) mass is 374 g/mol. The first-order valence-corrected chi connectivity index (χ1v) is 8.85. The van der Waals surface area contributed by atoms with Gasteiger partial charge in [-0.3, -0.25) is 4.57 Å². The van der Waals surface area contributed by atoms with Crippen LogP contribution in [-0.2, 0) is 12.7 Å². The first-order valence-electron chi connectivity index (χ1n) is 6.27. The number of rotatable bonds is 5. The standard InChI is InChI=1S/C13H9F3N4S3/c1-2-5-20-10(8-4-3-6-21-8)18-19-11(20)23-12-17-9(7-22-12)13(14,15)16/h2-4,6-7H,1,5H2. The van der Waals surface area contributed by atoms with Gasteiger partial charge in [-0.05, 0) is 23.2 Å². The highest BCUT2D eigenvalue weighted by molar-refractivity contribution is 8.00. The molecule has 0 aliphatic rings. The van der Waals surface area contributed by atoms with Gasteiger partial charge in [0, 0.05) is 11.9 Å². The Morgan fingerprint density at radius 1 is 1.30 bits per heavy atom. The third-order valence-corrected chi connectivity index (χ3v) is 5.51. The van der Waals surface area contributed by atoms with E-state index in [-0.39, 0.29) is 4.34 Å². The molecule has 4 nitrogen and oxygen atoms in total. The molecule has 3 heterocycles. The Morgan fingerprint density at radius 3 is 2.74 bits per heavy atom. The number of alkyl halides is 3. The summed E-state index contributed by atoms with van der Waals surface area (Å²) in [5.41, 5.74) is -0.890. The lowest BCUT2D eigenvalue weighted by Crippen LogP contribution is -2.04. The lowest BCUT2D eigenvalue weighted by Gasteiger charge is -2.05. The molecule has 0 aromatic carbocycles. The van der Waals surface area contributed by atoms with Crippen molar-refractivity contribution in [1.82, 2.24) is 19.7 Å². The smallest absolute Gasteiger partial charge is 0.297 e. The van der Waals surface area contributed by atoms with Crippen LogP contribution in [0.4, 0.5) is 13.2 Å². The molecule has 3 aromatic heterocycles. The van der Waals surface area contributed by atoms with Crippen LogP contribution >= 0.6 is 34.4 Å². The fourth-order valence-electron chi connectivity index (χ4n) is 1.76. The van der Waals surface area contributed by atoms with Crippen molar-refractivity contribution < 1.29 is 13.2 Å². The Balaban J connectivity index is 1.91. The van der Waals surface area contributed by atoms with Gasteiger partial charge in [-0.25, -0.2) is 4.98 Å². The second kappa shape index (κ2) is 6.46. The van der Waals surface area contributed by atoms with Crippen molar-refractivity contribution in [3.63, 3.8) is 0 Å². The van der Waals surface area contributed by atoms with Crippen molar-refractivity contribution in [2.45, 2.75) is 22.2 Å². The first kappa shape index (κ1) is 16.2. The highest BCUT2D eigenvalue weighted by atomic mass is 32.2. The number of thiophene rings is 1. The zero-order chi connectivity index (χ0) is 16.4. The summed E-state index contributed by atoms with van der Waals surface area (Å²) < 4.78 is 39.9. The molecule has 0 aliphatic heterocycles. The van der Waals surface area contributed by atoms with Crippen LogP contribution in [0, 0.1) is 0 Å². The molecule has 0 unspecified atom stereocenters. The number of allylic oxidation sites excluding steroid dienone is 1. The minimum Gasteiger partial charge on any atom is -0.297 e. The van der Waals surface area contributed by atoms with E-state index in [1.807, 2.05) is 17.5 Å². The molecule has 0 atom stereocenters. The van der Waals surface area contributed by atoms with Crippen LogP contribution in [0.3, 0.4) is 0 Å². The van der Waals surface area contributed by atoms with Crippen LogP contribution in [0.15, 0.2) is 45.0 Å². The highest BCUT2D eigenvalue weighted by Gasteiger charge is 2.34. The van der Waals surface area contributed by atoms with E-state index in [4.69, 9.17) is 0 Å². The van der Waals surface area contributed by atoms with Gasteiger partial charge in [0.25, 0.3) is 0 Å². The molecule has 0 fully saturated rings. The maximum atomic E-state index is 12.6. The van der Waals surface area contributed by atoms with E-state index in [0.717, 1.165) is 33.4 Å². The molecule has 0 amide bonds. The number of aromatic nitrogens is 4. The average Bonchev–Trinajstić information content (AvgIpc) is 3.20. The summed E-state index contributed by atoms with van der Waals surface area (Å²) in [5.74, 6) is 0.662. The van der Waals surface area contributed by atoms with Crippen LogP contribution in [0.5, 0.6) is 0 Å². The van der Waals surface area contributed by atoms with Crippen molar-refractivity contribution in [2.75, 3.05) is 0 Å². The molecule has 0 aliphatic carbocycles. The summed E-state index contributed by atoms with van der Waals surface area (Å²) in [7, 11) is 0. The van der Waals surface area contributed by atoms with Gasteiger partial charge >= 0.3 is 6.18 Å². The maximum absolute atomic E-state index is 12.6. The molecule has 0 spiro atoms. The second-order valence-electron chi connectivity index (χ2n) is 4.28. The Hall–Kier alpha value is -1.65. The fraction of sp³-hybridized carbons (Fsp3) is 0.154. The topological polar surface area (TPSA) is 43.6 Å². The summed E-state index contributed by atoms with van der Waals surface area (Å²) in [4.78, 5) is 4.53. The molecule has 23 heavy (non-hydrogen) atoms. The van der Waals surface area contributed by atoms with Crippen molar-refractivity contribution in [2.24, 2.45) is 0 Å². The molecular formula is C13H9F3N4S3. The molecule has 10 heteroatoms. The lowest BCUT2D eigenvalue weighted by atomic mass is 10.4. The third-order valence-electron chi connectivity index (χ3n) is 2.72. The molecule has 3 rings (SSSR count). The van der Waals surface area contributed by atoms with Crippen molar-refractivity contribution in [3.05, 3.63) is 41.2 Å². The zero-order valence-corrected chi connectivity index (χ0v) is 13.9. The summed E-state index contributed by atoms with van der Waals surface area (Å²) in [6, 6.07) is 3.81. The molecule has 0 saturated carbocycles. The van der Waals surface area contributed by atoms with Crippen LogP contribution in [0.25, 0.3) is 10.7 Å². The van der Waals surface area contributed by atoms with Gasteiger partial charge in [0.1, 0.15) is 0 Å². The highest BCUT2D eigenvalue weighted by Crippen LogP contribution is 2.36. The average molecular weight is 374 g/mol. The summed E-state index contributed by atoms with van der Waals surface area (Å²) in [6.45, 7) is 4.16. The Bertz CT molecular complexity index is 805. The van der Waals surface area contributed by atoms with Gasteiger partial charge in [-0.2, -0.15) is 13.2 Å². The predicted octanol–water partition coefficient (Wildman–Crippen LogP) is 4.82. The predicted molar refractivity (Wildman–Crippen MR) is 84.8 cm³/mol. The molecule has 0 bridgehead atoms. The SMILES string of the molecule is C=CCn1c(Sc2nc(C(F)(F)F)cs2)nnc1-c1cccs1. The van der Waals surface area contributed by atoms with E-state index >= 15 is 0 Å². The number of nitrogens with zero attached hydrogens (tertiary/aromatic N) is 4. The third kappa shape index (κ3) is 3.48. The number of hydrogen-bond acceptors (Lipinski definition) is 6. The van der Waals surface area contributed by atoms with Gasteiger partial charge in [0.05, 0.1) is 4.88 Å². The van der Waals surface area contributed by atoms with Crippen LogP contribution in [-0.4, -0.2) is 19.7 Å². The zero-order valence-electron chi connectivity index (χ0n) is 11.4. The van der Waals surface area contributed by atoms with Crippen molar-refractivity contribution in [1.29, 1.82) is 0 Å². The van der Waals surface area contributed by atoms with Gasteiger partial charge in [-0.15, -0.1) is 39.4 Å². The van der Waals surface area contributed by atoms with E-state index in [1.165, 1.54) is 11.3 Å². The van der Waals surface area contributed by atoms with Gasteiger partial charge in [0.15, 0.2) is 21.0 Å². The summed E-state index contributed by atoms with van der Waals surface area (Å²) >= 11 is 3.51. The second-order valence-corrected chi connectivity index (χ2v) is 7.30. The molecule has 0 N–H and O–H groups in total. The van der Waals surface area contributed by atoms with Gasteiger partial charge in [0.2, 0.25) is 0 Å². The molecule has 120 valence electrons. The summed E-state index contributed by atoms with van der Waals surface area (Å²) in [6.07, 6.45) is -2.75. The molecule has 0 radical (unpaired) electrons. The first-order chi connectivity index (χ1) is 11.0. The minimum atomic E-state index is -4.44. The van der Waals surface area contributed by atoms with Gasteiger partial charge in [-0.1, -0.05) is 12.1 Å². The minimum absolute atomic E-state index is 0.271. The van der Waals surface area contributed by atoms with Crippen LogP contribution in [0.1, 0.15) is 5.69 Å². The largest absolute Gasteiger partial charge is 0.434 e. The Kier molecular flexibility index (Phi) is 4.55. The molecule has 0 saturated heterocycles. The lowest BCUT2D eigenvalue weighted by molar-refractivity contribution is -0.141. The summed E-state index contributed by atoms with van der Waals surface area (Å²) in [5, 5.41) is 11.6. The Morgan fingerprint density at radius 2 is 2.13 bits per heavy atom. The number of hydrogen-bond donors (Lipinski definition) is 0. The van der Waals surface area contributed by atoms with Crippen LogP contribution in [0.2, 0.25) is 0 Å². The quantitative estimate of drug-likeness (QED) is 0.601. The van der Waals surface area contributed by atoms with Gasteiger partial charge < -0.3 is 0 Å². The fourth-order valence-corrected chi connectivity index (χ4v) is 4.24. The van der Waals surface area contributed by atoms with E-state index in [2.05, 4.69) is 21.8 Å². The van der Waals surface area contributed by atoms with Crippen molar-refractivity contribution >= 4 is 34.4 Å². The van der Waals surface area contributed by atoms with E-state index in [0.29, 0.717) is 17.5 Å².